The van der Waals surface area contributed by atoms with E-state index in [0.717, 1.165) is 9.03 Å². The van der Waals surface area contributed by atoms with Crippen LogP contribution in [0.4, 0.5) is 0 Å². The molecule has 4 atom stereocenters. The molecule has 3 N–H and O–H groups in total. The molecule has 0 bridgehead atoms. The number of aromatic nitrogens is 2. The third kappa shape index (κ3) is 2.94. The molecule has 27 heavy (non-hydrogen) atoms. The van der Waals surface area contributed by atoms with E-state index in [4.69, 9.17) is 4.74 Å². The second-order valence-corrected chi connectivity index (χ2v) is 8.19. The number of nitrogens with zero attached hydrogens (tertiary/aromatic N) is 1. The van der Waals surface area contributed by atoms with E-state index in [1.807, 2.05) is 30.3 Å². The van der Waals surface area contributed by atoms with Crippen molar-refractivity contribution in [1.29, 1.82) is 0 Å². The van der Waals surface area contributed by atoms with E-state index in [2.05, 4.69) is 14.8 Å². The number of H-pyrrole nitrogens is 1. The van der Waals surface area contributed by atoms with Crippen molar-refractivity contribution in [3.8, 4) is 0 Å². The van der Waals surface area contributed by atoms with E-state index in [1.165, 1.54) is 6.20 Å². The summed E-state index contributed by atoms with van der Waals surface area (Å²) in [6.07, 6.45) is -3.57. The Morgan fingerprint density at radius 3 is 2.52 bits per heavy atom. The zero-order valence-corrected chi connectivity index (χ0v) is 15.3. The van der Waals surface area contributed by atoms with Crippen LogP contribution >= 0.6 is 0 Å². The molecule has 2 aliphatic heterocycles. The van der Waals surface area contributed by atoms with E-state index in [-0.39, 0.29) is 15.0 Å². The van der Waals surface area contributed by atoms with Crippen LogP contribution in [-0.4, -0.2) is 58.7 Å². The van der Waals surface area contributed by atoms with Crippen LogP contribution in [0.3, 0.4) is 0 Å². The van der Waals surface area contributed by atoms with Crippen LogP contribution in [0.5, 0.6) is 0 Å². The van der Waals surface area contributed by atoms with Crippen molar-refractivity contribution < 1.29 is 29.5 Å². The summed E-state index contributed by atoms with van der Waals surface area (Å²) in [5.74, 6) is -3.19. The van der Waals surface area contributed by atoms with Crippen LogP contribution in [0, 0.1) is 0 Å². The molecule has 2 fully saturated rings. The summed E-state index contributed by atoms with van der Waals surface area (Å²) in [6.45, 7) is 0. The number of rotatable bonds is 4. The summed E-state index contributed by atoms with van der Waals surface area (Å²) < 4.78 is 7.29. The summed E-state index contributed by atoms with van der Waals surface area (Å²) in [6, 6.07) is 9.55. The maximum atomic E-state index is 12.2. The van der Waals surface area contributed by atoms with E-state index in [1.54, 1.807) is 0 Å². The molecule has 142 valence electrons. The van der Waals surface area contributed by atoms with E-state index >= 15 is 0 Å². The number of nitrogens with one attached hydrogen (secondary N) is 1. The van der Waals surface area contributed by atoms with Crippen molar-refractivity contribution in [3.05, 3.63) is 62.9 Å². The molecule has 3 heterocycles. The molecule has 0 unspecified atom stereocenters. The van der Waals surface area contributed by atoms with Crippen LogP contribution in [0.25, 0.3) is 0 Å². The molecule has 2 aliphatic rings. The Morgan fingerprint density at radius 2 is 1.93 bits per heavy atom. The molecule has 0 radical (unpaired) electrons. The molecule has 4 rings (SSSR count). The first-order valence-corrected chi connectivity index (χ1v) is 9.95. The summed E-state index contributed by atoms with van der Waals surface area (Å²) in [5.41, 5.74) is -1.09. The molecular weight excluding hydrogens is 427 g/mol. The van der Waals surface area contributed by atoms with Gasteiger partial charge in [-0.2, -0.15) is 0 Å². The van der Waals surface area contributed by atoms with E-state index in [9.17, 15) is 24.6 Å². The van der Waals surface area contributed by atoms with Gasteiger partial charge in [0.05, 0.1) is 0 Å². The fraction of sp³-hybridized carbons (Fsp3) is 0.312. The first kappa shape index (κ1) is 18.1. The van der Waals surface area contributed by atoms with Gasteiger partial charge in [-0.1, -0.05) is 0 Å². The van der Waals surface area contributed by atoms with Crippen molar-refractivity contribution in [1.82, 2.24) is 9.55 Å². The normalized spacial score (nSPS) is 29.6. The van der Waals surface area contributed by atoms with Gasteiger partial charge in [0.1, 0.15) is 0 Å². The van der Waals surface area contributed by atoms with Gasteiger partial charge in [0.2, 0.25) is 0 Å². The monoisotopic (exact) mass is 442 g/mol. The third-order valence-electron chi connectivity index (χ3n) is 4.28. The second kappa shape index (κ2) is 6.71. The van der Waals surface area contributed by atoms with E-state index < -0.39 is 41.4 Å². The molecule has 1 spiro atoms. The number of carbonyl (C=O) groups excluding carboxylic acids is 1. The van der Waals surface area contributed by atoms with Gasteiger partial charge in [0, 0.05) is 0 Å². The number of benzene rings is 1. The van der Waals surface area contributed by atoms with Crippen molar-refractivity contribution >= 4 is 25.4 Å². The van der Waals surface area contributed by atoms with Crippen LogP contribution in [0.1, 0.15) is 11.8 Å². The number of hydrogen-bond donors (Lipinski definition) is 3. The number of hydrogen-bond acceptors (Lipinski definition) is 8. The zero-order valence-electron chi connectivity index (χ0n) is 13.6. The Morgan fingerprint density at radius 1 is 1.19 bits per heavy atom. The predicted molar refractivity (Wildman–Crippen MR) is 88.9 cm³/mol. The van der Waals surface area contributed by atoms with Crippen molar-refractivity contribution in [3.63, 3.8) is 0 Å². The van der Waals surface area contributed by atoms with Gasteiger partial charge in [0.15, 0.2) is 0 Å². The van der Waals surface area contributed by atoms with Gasteiger partial charge in [-0.3, -0.25) is 0 Å². The Kier molecular flexibility index (Phi) is 4.50. The van der Waals surface area contributed by atoms with Crippen molar-refractivity contribution in [2.45, 2.75) is 29.5 Å². The number of aliphatic hydroxyl groups is 2. The van der Waals surface area contributed by atoms with Crippen LogP contribution in [0.15, 0.2) is 46.1 Å². The molecule has 10 nitrogen and oxygen atoms in total. The minimum atomic E-state index is -2.17. The fourth-order valence-electron chi connectivity index (χ4n) is 2.81. The van der Waals surface area contributed by atoms with Gasteiger partial charge in [0.25, 0.3) is 0 Å². The molecule has 11 heteroatoms. The van der Waals surface area contributed by atoms with Crippen LogP contribution < -0.4 is 15.7 Å². The molecule has 0 saturated carbocycles. The Labute approximate surface area is 157 Å². The van der Waals surface area contributed by atoms with E-state index in [0.29, 0.717) is 10.9 Å². The van der Waals surface area contributed by atoms with Crippen molar-refractivity contribution in [2.75, 3.05) is 0 Å². The summed E-state index contributed by atoms with van der Waals surface area (Å²) in [4.78, 5) is 46.7. The molecule has 2 aromatic rings. The molecule has 2 saturated heterocycles. The average Bonchev–Trinajstić information content (AvgIpc) is 2.94. The molecule has 1 aromatic carbocycles. The number of aliphatic hydroxyl groups excluding tert-OH is 2. The van der Waals surface area contributed by atoms with Gasteiger partial charge < -0.3 is 0 Å². The number of ether oxygens (including phenoxy) is 1. The second-order valence-electron chi connectivity index (χ2n) is 5.99. The molecule has 1 aromatic heterocycles. The van der Waals surface area contributed by atoms with Gasteiger partial charge >= 0.3 is 157 Å². The number of aromatic amines is 1. The Hall–Kier alpha value is -2.27. The van der Waals surface area contributed by atoms with Gasteiger partial charge in [-0.05, 0) is 0 Å². The molecule has 0 amide bonds. The van der Waals surface area contributed by atoms with Crippen LogP contribution in [0.2, 0.25) is 0 Å². The summed E-state index contributed by atoms with van der Waals surface area (Å²) in [5, 5.41) is 20.7. The van der Waals surface area contributed by atoms with Crippen LogP contribution in [-0.2, 0) is 24.6 Å². The van der Waals surface area contributed by atoms with Gasteiger partial charge in [-0.25, -0.2) is 0 Å². The Balaban J connectivity index is 1.62. The molecular formula is C16H14N2O8Se. The zero-order chi connectivity index (χ0) is 19.2. The summed E-state index contributed by atoms with van der Waals surface area (Å²) >= 11 is -0.0622. The first-order valence-electron chi connectivity index (χ1n) is 7.88. The fourth-order valence-corrected chi connectivity index (χ4v) is 4.65. The topological polar surface area (TPSA) is 140 Å². The molecule has 0 aliphatic carbocycles. The Bertz CT molecular complexity index is 990. The predicted octanol–water partition coefficient (Wildman–Crippen LogP) is -2.50. The standard InChI is InChI=1S/C16H14N2O8Se/c19-10-11(20)16(14(22)25-26-16)24-13(10)18-6-8(12(21)17-15(18)23)7-27-9-4-2-1-3-5-9/h1-6,10-11,13,19-20H,7H2,(H,17,21,23)/t10-,11+,13-,16-/m1/s1. The van der Waals surface area contributed by atoms with Crippen molar-refractivity contribution in [2.24, 2.45) is 0 Å². The minimum absolute atomic E-state index is 0.0622. The SMILES string of the molecule is O=C1OO[C@@]12O[C@@H](n1cc(C[Se]c3ccccc3)c(=O)[nH]c1=O)[C@H](O)[C@@H]2O. The summed E-state index contributed by atoms with van der Waals surface area (Å²) in [7, 11) is 0. The quantitative estimate of drug-likeness (QED) is 0.350. The average molecular weight is 441 g/mol. The first-order chi connectivity index (χ1) is 12.9. The third-order valence-corrected chi connectivity index (χ3v) is 6.51. The number of carbonyl (C=O) groups is 1. The maximum absolute atomic E-state index is 12.2. The van der Waals surface area contributed by atoms with Gasteiger partial charge in [-0.15, -0.1) is 0 Å².